The molecule has 1 atom stereocenters. The van der Waals surface area contributed by atoms with E-state index in [9.17, 15) is 0 Å². The van der Waals surface area contributed by atoms with Crippen LogP contribution in [-0.4, -0.2) is 26.3 Å². The monoisotopic (exact) mass is 187 g/mol. The van der Waals surface area contributed by atoms with Gasteiger partial charge in [-0.25, -0.2) is 0 Å². The van der Waals surface area contributed by atoms with E-state index in [1.54, 1.807) is 7.11 Å². The molecule has 0 aromatic carbocycles. The molecule has 0 spiro atoms. The molecular weight excluding hydrogens is 162 g/mol. The standard InChI is InChI=1S/C11H25NO/c1-5-11(9-13-4)12-8-6-7-10(2)3/h10-12H,5-9H2,1-4H3. The van der Waals surface area contributed by atoms with Gasteiger partial charge < -0.3 is 10.1 Å². The van der Waals surface area contributed by atoms with Gasteiger partial charge >= 0.3 is 0 Å². The Bertz CT molecular complexity index is 104. The molecular formula is C11H25NO. The van der Waals surface area contributed by atoms with Crippen LogP contribution in [0.3, 0.4) is 0 Å². The van der Waals surface area contributed by atoms with Crippen molar-refractivity contribution in [1.82, 2.24) is 5.32 Å². The van der Waals surface area contributed by atoms with Gasteiger partial charge in [-0.15, -0.1) is 0 Å². The number of rotatable bonds is 8. The molecule has 0 aromatic heterocycles. The maximum atomic E-state index is 5.11. The Labute approximate surface area is 83.1 Å². The second kappa shape index (κ2) is 8.52. The van der Waals surface area contributed by atoms with Crippen molar-refractivity contribution in [1.29, 1.82) is 0 Å². The first-order valence-corrected chi connectivity index (χ1v) is 5.43. The summed E-state index contributed by atoms with van der Waals surface area (Å²) in [4.78, 5) is 0. The van der Waals surface area contributed by atoms with E-state index in [-0.39, 0.29) is 0 Å². The van der Waals surface area contributed by atoms with Crippen molar-refractivity contribution >= 4 is 0 Å². The number of hydrogen-bond acceptors (Lipinski definition) is 2. The van der Waals surface area contributed by atoms with E-state index in [2.05, 4.69) is 26.1 Å². The minimum absolute atomic E-state index is 0.539. The van der Waals surface area contributed by atoms with Gasteiger partial charge in [0, 0.05) is 13.2 Å². The highest BCUT2D eigenvalue weighted by molar-refractivity contribution is 4.63. The van der Waals surface area contributed by atoms with Gasteiger partial charge in [-0.3, -0.25) is 0 Å². The topological polar surface area (TPSA) is 21.3 Å². The fourth-order valence-electron chi connectivity index (χ4n) is 1.34. The molecule has 0 aliphatic heterocycles. The summed E-state index contributed by atoms with van der Waals surface area (Å²) in [5.74, 6) is 0.823. The van der Waals surface area contributed by atoms with E-state index in [1.165, 1.54) is 12.8 Å². The van der Waals surface area contributed by atoms with E-state index in [0.29, 0.717) is 6.04 Å². The maximum Gasteiger partial charge on any atom is 0.0615 e. The van der Waals surface area contributed by atoms with Crippen LogP contribution in [-0.2, 0) is 4.74 Å². The van der Waals surface area contributed by atoms with Crippen LogP contribution < -0.4 is 5.32 Å². The Morgan fingerprint density at radius 2 is 2.00 bits per heavy atom. The minimum atomic E-state index is 0.539. The van der Waals surface area contributed by atoms with Gasteiger partial charge in [0.05, 0.1) is 6.61 Å². The molecule has 2 nitrogen and oxygen atoms in total. The largest absolute Gasteiger partial charge is 0.383 e. The summed E-state index contributed by atoms with van der Waals surface area (Å²) in [5, 5.41) is 3.50. The summed E-state index contributed by atoms with van der Waals surface area (Å²) < 4.78 is 5.11. The lowest BCUT2D eigenvalue weighted by molar-refractivity contribution is 0.164. The molecule has 1 unspecified atom stereocenters. The second-order valence-electron chi connectivity index (χ2n) is 4.05. The summed E-state index contributed by atoms with van der Waals surface area (Å²) >= 11 is 0. The molecule has 0 saturated heterocycles. The Balaban J connectivity index is 3.27. The lowest BCUT2D eigenvalue weighted by atomic mass is 10.1. The molecule has 1 N–H and O–H groups in total. The Morgan fingerprint density at radius 3 is 2.46 bits per heavy atom. The summed E-state index contributed by atoms with van der Waals surface area (Å²) in [6.07, 6.45) is 3.74. The van der Waals surface area contributed by atoms with Crippen LogP contribution in [0.25, 0.3) is 0 Å². The van der Waals surface area contributed by atoms with Crippen LogP contribution in [0.4, 0.5) is 0 Å². The Morgan fingerprint density at radius 1 is 1.31 bits per heavy atom. The Kier molecular flexibility index (Phi) is 8.46. The molecule has 0 heterocycles. The highest BCUT2D eigenvalue weighted by Crippen LogP contribution is 2.02. The van der Waals surface area contributed by atoms with Crippen molar-refractivity contribution in [2.75, 3.05) is 20.3 Å². The van der Waals surface area contributed by atoms with Crippen LogP contribution in [0.1, 0.15) is 40.0 Å². The first-order chi connectivity index (χ1) is 6.20. The van der Waals surface area contributed by atoms with E-state index >= 15 is 0 Å². The zero-order valence-electron chi connectivity index (χ0n) is 9.60. The molecule has 0 aliphatic rings. The maximum absolute atomic E-state index is 5.11. The molecule has 80 valence electrons. The van der Waals surface area contributed by atoms with E-state index in [0.717, 1.165) is 25.5 Å². The number of ether oxygens (including phenoxy) is 1. The van der Waals surface area contributed by atoms with Gasteiger partial charge in [-0.2, -0.15) is 0 Å². The summed E-state index contributed by atoms with van der Waals surface area (Å²) in [6, 6.07) is 0.539. The second-order valence-corrected chi connectivity index (χ2v) is 4.05. The van der Waals surface area contributed by atoms with Gasteiger partial charge in [-0.05, 0) is 31.7 Å². The van der Waals surface area contributed by atoms with Crippen LogP contribution in [0, 0.1) is 5.92 Å². The predicted octanol–water partition coefficient (Wildman–Crippen LogP) is 2.44. The van der Waals surface area contributed by atoms with Crippen molar-refractivity contribution in [2.24, 2.45) is 5.92 Å². The van der Waals surface area contributed by atoms with E-state index in [1.807, 2.05) is 0 Å². The molecule has 13 heavy (non-hydrogen) atoms. The van der Waals surface area contributed by atoms with Gasteiger partial charge in [-0.1, -0.05) is 20.8 Å². The van der Waals surface area contributed by atoms with E-state index < -0.39 is 0 Å². The molecule has 0 fully saturated rings. The summed E-state index contributed by atoms with van der Waals surface area (Å²) in [5.41, 5.74) is 0. The zero-order chi connectivity index (χ0) is 10.1. The molecule has 0 radical (unpaired) electrons. The number of hydrogen-bond donors (Lipinski definition) is 1. The van der Waals surface area contributed by atoms with Crippen LogP contribution in [0.15, 0.2) is 0 Å². The number of nitrogens with one attached hydrogen (secondary N) is 1. The quantitative estimate of drug-likeness (QED) is 0.589. The summed E-state index contributed by atoms with van der Waals surface area (Å²) in [7, 11) is 1.76. The van der Waals surface area contributed by atoms with E-state index in [4.69, 9.17) is 4.74 Å². The van der Waals surface area contributed by atoms with Gasteiger partial charge in [0.1, 0.15) is 0 Å². The van der Waals surface area contributed by atoms with Crippen molar-refractivity contribution in [2.45, 2.75) is 46.1 Å². The third kappa shape index (κ3) is 8.26. The molecule has 0 saturated carbocycles. The molecule has 0 amide bonds. The molecule has 0 rings (SSSR count). The SMILES string of the molecule is CCC(COC)NCCCC(C)C. The average Bonchev–Trinajstić information content (AvgIpc) is 2.10. The van der Waals surface area contributed by atoms with Crippen LogP contribution in [0.5, 0.6) is 0 Å². The minimum Gasteiger partial charge on any atom is -0.383 e. The highest BCUT2D eigenvalue weighted by Gasteiger charge is 2.03. The van der Waals surface area contributed by atoms with Gasteiger partial charge in [0.25, 0.3) is 0 Å². The molecule has 0 aliphatic carbocycles. The molecule has 0 aromatic rings. The lowest BCUT2D eigenvalue weighted by Crippen LogP contribution is -2.33. The Hall–Kier alpha value is -0.0800. The molecule has 2 heteroatoms. The third-order valence-electron chi connectivity index (χ3n) is 2.25. The van der Waals surface area contributed by atoms with Crippen molar-refractivity contribution in [3.8, 4) is 0 Å². The fraction of sp³-hybridized carbons (Fsp3) is 1.00. The third-order valence-corrected chi connectivity index (χ3v) is 2.25. The fourth-order valence-corrected chi connectivity index (χ4v) is 1.34. The molecule has 0 bridgehead atoms. The van der Waals surface area contributed by atoms with Crippen LogP contribution in [0.2, 0.25) is 0 Å². The van der Waals surface area contributed by atoms with Crippen LogP contribution >= 0.6 is 0 Å². The highest BCUT2D eigenvalue weighted by atomic mass is 16.5. The van der Waals surface area contributed by atoms with Crippen molar-refractivity contribution in [3.63, 3.8) is 0 Å². The van der Waals surface area contributed by atoms with Gasteiger partial charge in [0.2, 0.25) is 0 Å². The average molecular weight is 187 g/mol. The number of methoxy groups -OCH3 is 1. The first-order valence-electron chi connectivity index (χ1n) is 5.43. The van der Waals surface area contributed by atoms with Crippen molar-refractivity contribution in [3.05, 3.63) is 0 Å². The van der Waals surface area contributed by atoms with Gasteiger partial charge in [0.15, 0.2) is 0 Å². The lowest BCUT2D eigenvalue weighted by Gasteiger charge is -2.15. The normalized spacial score (nSPS) is 13.6. The predicted molar refractivity (Wildman–Crippen MR) is 58.0 cm³/mol. The first kappa shape index (κ1) is 12.9. The zero-order valence-corrected chi connectivity index (χ0v) is 9.60. The summed E-state index contributed by atoms with van der Waals surface area (Å²) in [6.45, 7) is 8.69. The van der Waals surface area contributed by atoms with Crippen molar-refractivity contribution < 1.29 is 4.74 Å². The smallest absolute Gasteiger partial charge is 0.0615 e.